The number of carbonyl (C=O) groups is 1. The van der Waals surface area contributed by atoms with Crippen molar-refractivity contribution in [3.63, 3.8) is 0 Å². The van der Waals surface area contributed by atoms with Gasteiger partial charge in [0.05, 0.1) is 11.1 Å². The summed E-state index contributed by atoms with van der Waals surface area (Å²) in [5.41, 5.74) is 2.38. The molecule has 0 N–H and O–H groups in total. The fourth-order valence-corrected chi connectivity index (χ4v) is 3.69. The van der Waals surface area contributed by atoms with Crippen molar-refractivity contribution in [3.05, 3.63) is 40.5 Å². The quantitative estimate of drug-likeness (QED) is 0.835. The maximum Gasteiger partial charge on any atom is 0.254 e. The van der Waals surface area contributed by atoms with Crippen molar-refractivity contribution in [2.75, 3.05) is 44.7 Å². The lowest BCUT2D eigenvalue weighted by Gasteiger charge is -2.34. The molecule has 0 aliphatic carbocycles. The van der Waals surface area contributed by atoms with E-state index in [2.05, 4.69) is 16.1 Å². The number of hydrogen-bond acceptors (Lipinski definition) is 4. The summed E-state index contributed by atoms with van der Waals surface area (Å²) in [6.07, 6.45) is 2.13. The highest BCUT2D eigenvalue weighted by Gasteiger charge is 2.23. The van der Waals surface area contributed by atoms with Crippen LogP contribution in [0.15, 0.2) is 24.3 Å². The first-order chi connectivity index (χ1) is 11.6. The summed E-state index contributed by atoms with van der Waals surface area (Å²) < 4.78 is 0. The molecule has 0 unspecified atom stereocenters. The van der Waals surface area contributed by atoms with Gasteiger partial charge in [-0.25, -0.2) is 0 Å². The van der Waals surface area contributed by atoms with Gasteiger partial charge in [-0.2, -0.15) is 11.8 Å². The van der Waals surface area contributed by atoms with Gasteiger partial charge in [-0.05, 0) is 37.4 Å². The van der Waals surface area contributed by atoms with Crippen molar-refractivity contribution in [3.8, 4) is 0 Å². The second-order valence-corrected chi connectivity index (χ2v) is 7.52. The summed E-state index contributed by atoms with van der Waals surface area (Å²) in [6.45, 7) is 6.44. The van der Waals surface area contributed by atoms with Gasteiger partial charge in [0.2, 0.25) is 0 Å². The van der Waals surface area contributed by atoms with Crippen molar-refractivity contribution in [1.82, 2.24) is 14.8 Å². The molecule has 0 saturated carbocycles. The van der Waals surface area contributed by atoms with Gasteiger partial charge < -0.3 is 4.90 Å². The Morgan fingerprint density at radius 3 is 2.71 bits per heavy atom. The number of thioether (sulfide) groups is 1. The predicted molar refractivity (Wildman–Crippen MR) is 102 cm³/mol. The molecular weight excluding hydrogens is 342 g/mol. The van der Waals surface area contributed by atoms with Gasteiger partial charge in [0.25, 0.3) is 5.91 Å². The first-order valence-electron chi connectivity index (χ1n) is 8.16. The molecule has 1 aliphatic rings. The number of piperazine rings is 1. The monoisotopic (exact) mass is 363 g/mol. The minimum Gasteiger partial charge on any atom is -0.336 e. The van der Waals surface area contributed by atoms with Gasteiger partial charge >= 0.3 is 0 Å². The van der Waals surface area contributed by atoms with Gasteiger partial charge in [-0.1, -0.05) is 11.6 Å². The molecule has 1 saturated heterocycles. The molecule has 1 aromatic heterocycles. The van der Waals surface area contributed by atoms with E-state index in [-0.39, 0.29) is 5.91 Å². The van der Waals surface area contributed by atoms with E-state index in [0.29, 0.717) is 10.6 Å². The average Bonchev–Trinajstić information content (AvgIpc) is 2.59. The van der Waals surface area contributed by atoms with Crippen LogP contribution in [-0.2, 0) is 0 Å². The van der Waals surface area contributed by atoms with E-state index in [4.69, 9.17) is 11.6 Å². The molecule has 2 heterocycles. The Morgan fingerprint density at radius 1 is 1.25 bits per heavy atom. The number of carbonyl (C=O) groups excluding carboxylic acids is 1. The number of nitrogens with zero attached hydrogens (tertiary/aromatic N) is 3. The molecule has 4 nitrogen and oxygen atoms in total. The largest absolute Gasteiger partial charge is 0.336 e. The highest BCUT2D eigenvalue weighted by atomic mass is 35.5. The summed E-state index contributed by atoms with van der Waals surface area (Å²) in [4.78, 5) is 21.9. The third kappa shape index (κ3) is 3.85. The van der Waals surface area contributed by atoms with E-state index < -0.39 is 0 Å². The second kappa shape index (κ2) is 7.72. The molecule has 0 atom stereocenters. The van der Waals surface area contributed by atoms with Crippen LogP contribution < -0.4 is 0 Å². The van der Waals surface area contributed by atoms with Crippen LogP contribution in [0, 0.1) is 6.92 Å². The van der Waals surface area contributed by atoms with E-state index in [0.717, 1.165) is 55.1 Å². The average molecular weight is 364 g/mol. The first kappa shape index (κ1) is 17.5. The zero-order valence-electron chi connectivity index (χ0n) is 14.1. The number of amides is 1. The van der Waals surface area contributed by atoms with Gasteiger partial charge in [-0.3, -0.25) is 14.7 Å². The highest BCUT2D eigenvalue weighted by Crippen LogP contribution is 2.24. The lowest BCUT2D eigenvalue weighted by Crippen LogP contribution is -2.49. The van der Waals surface area contributed by atoms with Crippen LogP contribution in [0.5, 0.6) is 0 Å². The lowest BCUT2D eigenvalue weighted by atomic mass is 10.1. The molecule has 0 spiro atoms. The summed E-state index contributed by atoms with van der Waals surface area (Å²) in [5.74, 6) is 1.22. The molecule has 24 heavy (non-hydrogen) atoms. The molecule has 1 amide bonds. The van der Waals surface area contributed by atoms with Crippen LogP contribution in [0.25, 0.3) is 10.9 Å². The number of pyridine rings is 1. The number of rotatable bonds is 4. The van der Waals surface area contributed by atoms with E-state index in [1.807, 2.05) is 47.9 Å². The number of benzene rings is 1. The Bertz CT molecular complexity index is 744. The standard InChI is InChI=1S/C18H22ClN3OS/c1-13-11-16(15-12-14(19)3-4-17(15)20-13)18(23)22-7-5-21(6-8-22)9-10-24-2/h3-4,11-12H,5-10H2,1-2H3. The smallest absolute Gasteiger partial charge is 0.254 e. The van der Waals surface area contributed by atoms with Crippen molar-refractivity contribution in [1.29, 1.82) is 0 Å². The van der Waals surface area contributed by atoms with Crippen LogP contribution in [0.4, 0.5) is 0 Å². The Morgan fingerprint density at radius 2 is 2.00 bits per heavy atom. The van der Waals surface area contributed by atoms with Crippen LogP contribution in [0.3, 0.4) is 0 Å². The number of aromatic nitrogens is 1. The van der Waals surface area contributed by atoms with Crippen LogP contribution in [0.1, 0.15) is 16.1 Å². The zero-order valence-corrected chi connectivity index (χ0v) is 15.7. The Hall–Kier alpha value is -1.30. The maximum atomic E-state index is 13.0. The van der Waals surface area contributed by atoms with Gasteiger partial charge in [0.1, 0.15) is 0 Å². The zero-order chi connectivity index (χ0) is 17.1. The van der Waals surface area contributed by atoms with Crippen molar-refractivity contribution in [2.45, 2.75) is 6.92 Å². The SMILES string of the molecule is CSCCN1CCN(C(=O)c2cc(C)nc3ccc(Cl)cc23)CC1. The molecule has 1 aliphatic heterocycles. The molecule has 1 fully saturated rings. The molecule has 2 aromatic rings. The van der Waals surface area contributed by atoms with Crippen molar-refractivity contribution in [2.24, 2.45) is 0 Å². The van der Waals surface area contributed by atoms with E-state index in [9.17, 15) is 4.79 Å². The fraction of sp³-hybridized carbons (Fsp3) is 0.444. The van der Waals surface area contributed by atoms with Crippen molar-refractivity contribution >= 4 is 40.2 Å². The van der Waals surface area contributed by atoms with Crippen molar-refractivity contribution < 1.29 is 4.79 Å². The second-order valence-electron chi connectivity index (χ2n) is 6.10. The summed E-state index contributed by atoms with van der Waals surface area (Å²) in [7, 11) is 0. The normalized spacial score (nSPS) is 15.9. The third-order valence-corrected chi connectivity index (χ3v) is 5.23. The first-order valence-corrected chi connectivity index (χ1v) is 9.93. The number of aryl methyl sites for hydroxylation is 1. The molecular formula is C18H22ClN3OS. The Balaban J connectivity index is 1.81. The summed E-state index contributed by atoms with van der Waals surface area (Å²) >= 11 is 7.99. The number of halogens is 1. The number of hydrogen-bond donors (Lipinski definition) is 0. The van der Waals surface area contributed by atoms with Crippen LogP contribution >= 0.6 is 23.4 Å². The van der Waals surface area contributed by atoms with E-state index in [1.54, 1.807) is 0 Å². The molecule has 3 rings (SSSR count). The van der Waals surface area contributed by atoms with Crippen LogP contribution in [-0.4, -0.2) is 65.4 Å². The van der Waals surface area contributed by atoms with Gasteiger partial charge in [0.15, 0.2) is 0 Å². The maximum absolute atomic E-state index is 13.0. The highest BCUT2D eigenvalue weighted by molar-refractivity contribution is 7.98. The minimum absolute atomic E-state index is 0.0808. The van der Waals surface area contributed by atoms with E-state index in [1.165, 1.54) is 0 Å². The van der Waals surface area contributed by atoms with Crippen LogP contribution in [0.2, 0.25) is 5.02 Å². The molecule has 6 heteroatoms. The molecule has 128 valence electrons. The number of fused-ring (bicyclic) bond motifs is 1. The minimum atomic E-state index is 0.0808. The molecule has 0 radical (unpaired) electrons. The Labute approximate surface area is 152 Å². The lowest BCUT2D eigenvalue weighted by molar-refractivity contribution is 0.0646. The summed E-state index contributed by atoms with van der Waals surface area (Å²) in [5, 5.41) is 1.46. The Kier molecular flexibility index (Phi) is 5.64. The molecule has 0 bridgehead atoms. The van der Waals surface area contributed by atoms with Gasteiger partial charge in [0, 0.05) is 54.6 Å². The third-order valence-electron chi connectivity index (χ3n) is 4.40. The molecule has 1 aromatic carbocycles. The predicted octanol–water partition coefficient (Wildman–Crippen LogP) is 3.32. The van der Waals surface area contributed by atoms with Gasteiger partial charge in [-0.15, -0.1) is 0 Å². The van der Waals surface area contributed by atoms with E-state index >= 15 is 0 Å². The fourth-order valence-electron chi connectivity index (χ4n) is 3.07. The topological polar surface area (TPSA) is 36.4 Å². The summed E-state index contributed by atoms with van der Waals surface area (Å²) in [6, 6.07) is 7.41.